The summed E-state index contributed by atoms with van der Waals surface area (Å²) in [6.45, 7) is 3.56. The van der Waals surface area contributed by atoms with E-state index in [-0.39, 0.29) is 5.92 Å². The highest BCUT2D eigenvalue weighted by atomic mass is 32.1. The third-order valence-electron chi connectivity index (χ3n) is 5.55. The smallest absolute Gasteiger partial charge is 0.341 e. The molecule has 0 radical (unpaired) electrons. The van der Waals surface area contributed by atoms with Crippen LogP contribution in [-0.2, 0) is 22.4 Å². The van der Waals surface area contributed by atoms with Crippen molar-refractivity contribution in [2.24, 2.45) is 5.92 Å². The van der Waals surface area contributed by atoms with Crippen molar-refractivity contribution in [1.29, 1.82) is 0 Å². The molecule has 1 aliphatic heterocycles. The van der Waals surface area contributed by atoms with Crippen LogP contribution in [0.3, 0.4) is 0 Å². The number of nitrogens with zero attached hydrogens (tertiary/aromatic N) is 1. The van der Waals surface area contributed by atoms with Gasteiger partial charge in [0.1, 0.15) is 11.0 Å². The second kappa shape index (κ2) is 7.68. The fourth-order valence-corrected chi connectivity index (χ4v) is 5.46. The molecule has 1 unspecified atom stereocenters. The van der Waals surface area contributed by atoms with Gasteiger partial charge in [-0.15, -0.1) is 11.3 Å². The van der Waals surface area contributed by atoms with Crippen molar-refractivity contribution in [1.82, 2.24) is 4.90 Å². The number of fused-ring (bicyclic) bond motifs is 2. The van der Waals surface area contributed by atoms with E-state index >= 15 is 0 Å². The van der Waals surface area contributed by atoms with Crippen LogP contribution in [0, 0.1) is 5.92 Å². The number of hydrogen-bond acceptors (Lipinski definition) is 6. The Kier molecular flexibility index (Phi) is 5.19. The van der Waals surface area contributed by atoms with E-state index in [9.17, 15) is 19.2 Å². The zero-order valence-corrected chi connectivity index (χ0v) is 17.8. The molecule has 1 aliphatic carbocycles. The first-order chi connectivity index (χ1) is 14.3. The lowest BCUT2D eigenvalue weighted by Gasteiger charge is -2.28. The first-order valence-corrected chi connectivity index (χ1v) is 10.7. The Morgan fingerprint density at radius 2 is 1.73 bits per heavy atom. The van der Waals surface area contributed by atoms with E-state index in [2.05, 4.69) is 5.32 Å². The summed E-state index contributed by atoms with van der Waals surface area (Å²) in [6, 6.07) is 5.55. The molecule has 1 aromatic heterocycles. The van der Waals surface area contributed by atoms with Crippen molar-refractivity contribution >= 4 is 40.0 Å². The Balaban J connectivity index is 1.66. The van der Waals surface area contributed by atoms with Gasteiger partial charge >= 0.3 is 5.97 Å². The van der Waals surface area contributed by atoms with Gasteiger partial charge in [-0.25, -0.2) is 4.79 Å². The lowest BCUT2D eigenvalue weighted by atomic mass is 10.0. The maximum absolute atomic E-state index is 13.3. The summed E-state index contributed by atoms with van der Waals surface area (Å²) in [4.78, 5) is 53.5. The highest BCUT2D eigenvalue weighted by molar-refractivity contribution is 7.17. The number of amides is 3. The lowest BCUT2D eigenvalue weighted by Crippen LogP contribution is -2.50. The number of imide groups is 1. The van der Waals surface area contributed by atoms with E-state index in [4.69, 9.17) is 4.74 Å². The van der Waals surface area contributed by atoms with Crippen LogP contribution in [0.25, 0.3) is 0 Å². The summed E-state index contributed by atoms with van der Waals surface area (Å²) in [7, 11) is 1.31. The molecule has 8 heteroatoms. The minimum atomic E-state index is -1.00. The fourth-order valence-electron chi connectivity index (χ4n) is 4.17. The van der Waals surface area contributed by atoms with Gasteiger partial charge in [0.05, 0.1) is 23.8 Å². The van der Waals surface area contributed by atoms with Gasteiger partial charge in [0.15, 0.2) is 0 Å². The first-order valence-electron chi connectivity index (χ1n) is 9.85. The molecule has 1 aromatic carbocycles. The number of methoxy groups -OCH3 is 1. The molecule has 2 heterocycles. The normalized spacial score (nSPS) is 15.9. The molecule has 7 nitrogen and oxygen atoms in total. The zero-order chi connectivity index (χ0) is 21.6. The lowest BCUT2D eigenvalue weighted by molar-refractivity contribution is -0.121. The third-order valence-corrected chi connectivity index (χ3v) is 6.76. The molecule has 0 bridgehead atoms. The average molecular weight is 426 g/mol. The molecule has 156 valence electrons. The Morgan fingerprint density at radius 3 is 2.30 bits per heavy atom. The van der Waals surface area contributed by atoms with E-state index in [0.29, 0.717) is 21.7 Å². The van der Waals surface area contributed by atoms with Gasteiger partial charge in [-0.2, -0.15) is 0 Å². The maximum Gasteiger partial charge on any atom is 0.341 e. The van der Waals surface area contributed by atoms with Crippen LogP contribution < -0.4 is 5.32 Å². The number of carbonyl (C=O) groups is 4. The summed E-state index contributed by atoms with van der Waals surface area (Å²) in [5, 5.41) is 3.23. The van der Waals surface area contributed by atoms with Crippen LogP contribution in [-0.4, -0.2) is 41.7 Å². The molecule has 2 aromatic rings. The highest BCUT2D eigenvalue weighted by Gasteiger charge is 2.44. The topological polar surface area (TPSA) is 92.8 Å². The molecule has 1 atom stereocenters. The van der Waals surface area contributed by atoms with Crippen LogP contribution in [0.2, 0.25) is 0 Å². The van der Waals surface area contributed by atoms with Crippen LogP contribution in [0.1, 0.15) is 61.8 Å². The number of benzene rings is 1. The van der Waals surface area contributed by atoms with Crippen molar-refractivity contribution in [2.45, 2.75) is 39.2 Å². The predicted molar refractivity (Wildman–Crippen MR) is 112 cm³/mol. The van der Waals surface area contributed by atoms with Crippen LogP contribution in [0.15, 0.2) is 24.3 Å². The minimum Gasteiger partial charge on any atom is -0.465 e. The van der Waals surface area contributed by atoms with E-state index < -0.39 is 29.7 Å². The van der Waals surface area contributed by atoms with Gasteiger partial charge in [0, 0.05) is 4.88 Å². The molecule has 0 saturated heterocycles. The van der Waals surface area contributed by atoms with E-state index in [0.717, 1.165) is 34.6 Å². The van der Waals surface area contributed by atoms with Crippen LogP contribution >= 0.6 is 11.3 Å². The fraction of sp³-hybridized carbons (Fsp3) is 0.364. The molecule has 0 fully saturated rings. The monoisotopic (exact) mass is 426 g/mol. The Morgan fingerprint density at radius 1 is 1.10 bits per heavy atom. The van der Waals surface area contributed by atoms with Gasteiger partial charge in [0.2, 0.25) is 5.91 Å². The molecule has 30 heavy (non-hydrogen) atoms. The number of ether oxygens (including phenoxy) is 1. The summed E-state index contributed by atoms with van der Waals surface area (Å²) in [5.41, 5.74) is 1.90. The summed E-state index contributed by atoms with van der Waals surface area (Å²) < 4.78 is 4.92. The Hall–Kier alpha value is -3.00. The second-order valence-electron chi connectivity index (χ2n) is 7.76. The second-order valence-corrected chi connectivity index (χ2v) is 8.86. The number of rotatable bonds is 5. The summed E-state index contributed by atoms with van der Waals surface area (Å²) in [6.07, 6.45) is 2.58. The molecule has 2 aliphatic rings. The Labute approximate surface area is 178 Å². The number of thiophene rings is 1. The molecular formula is C22H22N2O5S. The summed E-state index contributed by atoms with van der Waals surface area (Å²) in [5.74, 6) is -2.27. The SMILES string of the molecule is COC(=O)c1c(NC(=O)C(C(C)C)N2C(=O)c3ccccc3C2=O)sc2c1CCC2. The van der Waals surface area contributed by atoms with Gasteiger partial charge in [-0.1, -0.05) is 26.0 Å². The van der Waals surface area contributed by atoms with E-state index in [1.54, 1.807) is 38.1 Å². The summed E-state index contributed by atoms with van der Waals surface area (Å²) >= 11 is 1.36. The van der Waals surface area contributed by atoms with E-state index in [1.165, 1.54) is 18.4 Å². The standard InChI is InChI=1S/C22H22N2O5S/c1-11(2)17(24-20(26)12-7-4-5-8-13(12)21(24)27)18(25)23-19-16(22(28)29-3)14-9-6-10-15(14)30-19/h4-5,7-8,11,17H,6,9-10H2,1-3H3,(H,23,25). The van der Waals surface area contributed by atoms with Crippen molar-refractivity contribution in [3.05, 3.63) is 51.4 Å². The molecule has 0 saturated carbocycles. The average Bonchev–Trinajstić information content (AvgIpc) is 3.36. The number of esters is 1. The molecule has 3 amide bonds. The number of anilines is 1. The predicted octanol–water partition coefficient (Wildman–Crippen LogP) is 3.28. The van der Waals surface area contributed by atoms with Crippen LogP contribution in [0.5, 0.6) is 0 Å². The van der Waals surface area contributed by atoms with Gasteiger partial charge in [0.25, 0.3) is 11.8 Å². The molecular weight excluding hydrogens is 404 g/mol. The van der Waals surface area contributed by atoms with Crippen molar-refractivity contribution in [3.63, 3.8) is 0 Å². The molecule has 0 spiro atoms. The molecule has 1 N–H and O–H groups in total. The number of nitrogens with one attached hydrogen (secondary N) is 1. The van der Waals surface area contributed by atoms with Crippen molar-refractivity contribution < 1.29 is 23.9 Å². The maximum atomic E-state index is 13.3. The first kappa shape index (κ1) is 20.3. The van der Waals surface area contributed by atoms with Crippen molar-refractivity contribution in [2.75, 3.05) is 12.4 Å². The molecule has 4 rings (SSSR count). The van der Waals surface area contributed by atoms with Gasteiger partial charge in [-0.3, -0.25) is 19.3 Å². The van der Waals surface area contributed by atoms with Crippen molar-refractivity contribution in [3.8, 4) is 0 Å². The minimum absolute atomic E-state index is 0.297. The van der Waals surface area contributed by atoms with E-state index in [1.807, 2.05) is 0 Å². The van der Waals surface area contributed by atoms with Gasteiger partial charge in [-0.05, 0) is 42.9 Å². The number of aryl methyl sites for hydroxylation is 1. The third kappa shape index (κ3) is 3.11. The number of carbonyl (C=O) groups excluding carboxylic acids is 4. The number of hydrogen-bond donors (Lipinski definition) is 1. The zero-order valence-electron chi connectivity index (χ0n) is 17.0. The van der Waals surface area contributed by atoms with Crippen LogP contribution in [0.4, 0.5) is 5.00 Å². The quantitative estimate of drug-likeness (QED) is 0.585. The Bertz CT molecular complexity index is 1040. The largest absolute Gasteiger partial charge is 0.465 e. The highest BCUT2D eigenvalue weighted by Crippen LogP contribution is 2.40. The van der Waals surface area contributed by atoms with Gasteiger partial charge < -0.3 is 10.1 Å².